The van der Waals surface area contributed by atoms with Crippen LogP contribution < -0.4 is 5.32 Å². The Bertz CT molecular complexity index is 1510. The molecule has 48 heavy (non-hydrogen) atoms. The van der Waals surface area contributed by atoms with E-state index in [1.54, 1.807) is 17.1 Å². The van der Waals surface area contributed by atoms with Crippen LogP contribution in [-0.4, -0.2) is 81.6 Å². The number of nitrogens with one attached hydrogen (secondary N) is 1. The Labute approximate surface area is 282 Å². The number of hydrogen-bond acceptors (Lipinski definition) is 7. The number of carbonyl (C=O) groups excluding carboxylic acids is 4. The first kappa shape index (κ1) is 35.0. The zero-order chi connectivity index (χ0) is 34.6. The maximum Gasteiger partial charge on any atom is 0.306 e. The number of allylic oxidation sites excluding steroid dienone is 1. The molecule has 0 saturated carbocycles. The lowest BCUT2D eigenvalue weighted by Gasteiger charge is -2.43. The van der Waals surface area contributed by atoms with Crippen molar-refractivity contribution in [2.45, 2.75) is 81.8 Å². The number of nitrogens with zero attached hydrogens (tertiary/aromatic N) is 2. The molecule has 3 amide bonds. The number of fused-ring (bicyclic) bond motifs is 1. The number of hydrogen-bond donors (Lipinski definition) is 2. The van der Waals surface area contributed by atoms with Gasteiger partial charge in [-0.25, -0.2) is 0 Å². The molecule has 256 valence electrons. The van der Waals surface area contributed by atoms with Gasteiger partial charge in [0.15, 0.2) is 0 Å². The van der Waals surface area contributed by atoms with Crippen LogP contribution in [-0.2, 0) is 28.7 Å². The molecule has 7 atom stereocenters. The molecule has 10 nitrogen and oxygen atoms in total. The maximum absolute atomic E-state index is 14.8. The minimum Gasteiger partial charge on any atom is -0.463 e. The Morgan fingerprint density at radius 1 is 1.08 bits per heavy atom. The van der Waals surface area contributed by atoms with Gasteiger partial charge in [-0.1, -0.05) is 72.8 Å². The summed E-state index contributed by atoms with van der Waals surface area (Å²) in [7, 11) is 0. The first-order valence-corrected chi connectivity index (χ1v) is 16.7. The topological polar surface area (TPSA) is 125 Å². The lowest BCUT2D eigenvalue weighted by Crippen LogP contribution is -2.60. The van der Waals surface area contributed by atoms with Crippen molar-refractivity contribution in [2.75, 3.05) is 19.8 Å². The summed E-state index contributed by atoms with van der Waals surface area (Å²) in [6.45, 7) is 13.0. The SMILES string of the molecule is C=CCCC(=O)OC[C@@H](NC(=O)[C@@H]1[C@H]2C(=O)N([C@H](CO)c3ccccc3)[C@H](C(=O)N(CC=C)C(C)(C)C)[C@]23CC[C@H]1O3)c1ccccc1. The minimum absolute atomic E-state index is 0.0936. The Balaban J connectivity index is 1.52. The molecule has 3 aliphatic rings. The van der Waals surface area contributed by atoms with Gasteiger partial charge in [0.05, 0.1) is 36.6 Å². The van der Waals surface area contributed by atoms with Gasteiger partial charge >= 0.3 is 5.97 Å². The van der Waals surface area contributed by atoms with E-state index in [2.05, 4.69) is 18.5 Å². The summed E-state index contributed by atoms with van der Waals surface area (Å²) in [5.41, 5.74) is -0.474. The van der Waals surface area contributed by atoms with E-state index in [0.717, 1.165) is 5.56 Å². The predicted molar refractivity (Wildman–Crippen MR) is 180 cm³/mol. The smallest absolute Gasteiger partial charge is 0.306 e. The number of aliphatic hydroxyl groups is 1. The molecule has 0 aliphatic carbocycles. The fourth-order valence-electron chi connectivity index (χ4n) is 7.65. The van der Waals surface area contributed by atoms with Gasteiger partial charge in [0.1, 0.15) is 18.2 Å². The molecule has 3 fully saturated rings. The van der Waals surface area contributed by atoms with Gasteiger partial charge in [-0.05, 0) is 51.2 Å². The quantitative estimate of drug-likeness (QED) is 0.230. The van der Waals surface area contributed by atoms with Gasteiger partial charge in [-0.2, -0.15) is 0 Å². The van der Waals surface area contributed by atoms with Crippen molar-refractivity contribution >= 4 is 23.7 Å². The molecule has 0 aromatic heterocycles. The zero-order valence-corrected chi connectivity index (χ0v) is 28.0. The van der Waals surface area contributed by atoms with Crippen molar-refractivity contribution in [3.8, 4) is 0 Å². The molecule has 1 spiro atoms. The Morgan fingerprint density at radius 3 is 2.31 bits per heavy atom. The van der Waals surface area contributed by atoms with Crippen LogP contribution in [0.2, 0.25) is 0 Å². The molecule has 0 radical (unpaired) electrons. The Morgan fingerprint density at radius 2 is 1.73 bits per heavy atom. The van der Waals surface area contributed by atoms with E-state index < -0.39 is 71.6 Å². The van der Waals surface area contributed by atoms with Gasteiger partial charge in [-0.3, -0.25) is 19.2 Å². The van der Waals surface area contributed by atoms with Gasteiger partial charge in [0.25, 0.3) is 0 Å². The van der Waals surface area contributed by atoms with Crippen LogP contribution in [0, 0.1) is 11.8 Å². The third kappa shape index (κ3) is 6.56. The number of amides is 3. The molecule has 2 bridgehead atoms. The molecule has 10 heteroatoms. The molecule has 0 unspecified atom stereocenters. The molecule has 3 heterocycles. The number of aliphatic hydroxyl groups excluding tert-OH is 1. The largest absolute Gasteiger partial charge is 0.463 e. The molecule has 2 aromatic carbocycles. The average Bonchev–Trinajstić information content (AvgIpc) is 3.72. The molecule has 3 saturated heterocycles. The summed E-state index contributed by atoms with van der Waals surface area (Å²) in [6.07, 6.45) is 4.24. The predicted octanol–water partition coefficient (Wildman–Crippen LogP) is 4.27. The van der Waals surface area contributed by atoms with E-state index in [0.29, 0.717) is 24.8 Å². The van der Waals surface area contributed by atoms with Crippen molar-refractivity contribution in [3.63, 3.8) is 0 Å². The van der Waals surface area contributed by atoms with E-state index in [1.807, 2.05) is 81.4 Å². The van der Waals surface area contributed by atoms with Crippen molar-refractivity contribution < 1.29 is 33.8 Å². The van der Waals surface area contributed by atoms with Gasteiger partial charge in [-0.15, -0.1) is 13.2 Å². The molecule has 2 aromatic rings. The number of esters is 1. The Kier molecular flexibility index (Phi) is 10.6. The summed E-state index contributed by atoms with van der Waals surface area (Å²) in [4.78, 5) is 59.4. The van der Waals surface area contributed by atoms with Crippen molar-refractivity contribution in [1.29, 1.82) is 0 Å². The lowest BCUT2D eigenvalue weighted by molar-refractivity contribution is -0.154. The third-order valence-corrected chi connectivity index (χ3v) is 9.84. The Hall–Kier alpha value is -4.28. The van der Waals surface area contributed by atoms with E-state index in [9.17, 15) is 24.3 Å². The highest BCUT2D eigenvalue weighted by Crippen LogP contribution is 2.60. The van der Waals surface area contributed by atoms with Crippen LogP contribution in [0.1, 0.15) is 69.7 Å². The number of benzene rings is 2. The molecule has 3 aliphatic heterocycles. The number of likely N-dealkylation sites (tertiary alicyclic amines) is 1. The number of carbonyl (C=O) groups is 4. The molecular formula is C38H47N3O7. The van der Waals surface area contributed by atoms with Crippen LogP contribution >= 0.6 is 0 Å². The normalized spacial score (nSPS) is 25.6. The van der Waals surface area contributed by atoms with Crippen LogP contribution in [0.4, 0.5) is 0 Å². The number of ether oxygens (including phenoxy) is 2. The van der Waals surface area contributed by atoms with E-state index in [-0.39, 0.29) is 25.5 Å². The van der Waals surface area contributed by atoms with Crippen LogP contribution in [0.5, 0.6) is 0 Å². The second-order valence-electron chi connectivity index (χ2n) is 13.8. The van der Waals surface area contributed by atoms with Crippen LogP contribution in [0.25, 0.3) is 0 Å². The summed E-state index contributed by atoms with van der Waals surface area (Å²) < 4.78 is 12.2. The average molecular weight is 658 g/mol. The van der Waals surface area contributed by atoms with Crippen LogP contribution in [0.15, 0.2) is 86.0 Å². The first-order chi connectivity index (χ1) is 23.0. The maximum atomic E-state index is 14.8. The highest BCUT2D eigenvalue weighted by atomic mass is 16.5. The van der Waals surface area contributed by atoms with Gasteiger partial charge in [0, 0.05) is 18.5 Å². The monoisotopic (exact) mass is 657 g/mol. The summed E-state index contributed by atoms with van der Waals surface area (Å²) in [5.74, 6) is -3.40. The standard InChI is InChI=1S/C38H47N3O7/c1-6-8-19-30(43)47-24-27(25-15-11-9-12-16-25)39-34(44)31-29-20-21-38(48-29)32(31)35(45)41(28(23-42)26-17-13-10-14-18-26)33(38)36(46)40(22-7-2)37(3,4)5/h6-7,9-18,27-29,31-33,42H,1-2,8,19-24H2,3-5H3,(H,39,44)/t27-,28-,29-,31+,32+,33-,38+/m1/s1. The first-order valence-electron chi connectivity index (χ1n) is 16.7. The highest BCUT2D eigenvalue weighted by Gasteiger charge is 2.75. The minimum atomic E-state index is -1.27. The summed E-state index contributed by atoms with van der Waals surface area (Å²) in [6, 6.07) is 15.7. The second kappa shape index (κ2) is 14.5. The molecular weight excluding hydrogens is 610 g/mol. The van der Waals surface area contributed by atoms with Crippen molar-refractivity contribution in [3.05, 3.63) is 97.1 Å². The fraction of sp³-hybridized carbons (Fsp3) is 0.474. The van der Waals surface area contributed by atoms with Gasteiger partial charge < -0.3 is 29.7 Å². The summed E-state index contributed by atoms with van der Waals surface area (Å²) >= 11 is 0. The zero-order valence-electron chi connectivity index (χ0n) is 28.0. The van der Waals surface area contributed by atoms with Crippen molar-refractivity contribution in [1.82, 2.24) is 15.1 Å². The second-order valence-corrected chi connectivity index (χ2v) is 13.8. The lowest BCUT2D eigenvalue weighted by atomic mass is 9.70. The molecule has 2 N–H and O–H groups in total. The van der Waals surface area contributed by atoms with E-state index in [4.69, 9.17) is 9.47 Å². The van der Waals surface area contributed by atoms with Crippen molar-refractivity contribution in [2.24, 2.45) is 11.8 Å². The van der Waals surface area contributed by atoms with Crippen LogP contribution in [0.3, 0.4) is 0 Å². The third-order valence-electron chi connectivity index (χ3n) is 9.84. The van der Waals surface area contributed by atoms with Gasteiger partial charge in [0.2, 0.25) is 17.7 Å². The fourth-order valence-corrected chi connectivity index (χ4v) is 7.65. The number of rotatable bonds is 14. The van der Waals surface area contributed by atoms with E-state index in [1.165, 1.54) is 4.90 Å². The highest BCUT2D eigenvalue weighted by molar-refractivity contribution is 5.99. The molecule has 5 rings (SSSR count). The van der Waals surface area contributed by atoms with E-state index >= 15 is 0 Å². The summed E-state index contributed by atoms with van der Waals surface area (Å²) in [5, 5.41) is 13.8.